The van der Waals surface area contributed by atoms with Crippen molar-refractivity contribution in [3.8, 4) is 0 Å². The van der Waals surface area contributed by atoms with Gasteiger partial charge in [-0.25, -0.2) is 13.8 Å². The highest BCUT2D eigenvalue weighted by molar-refractivity contribution is 5.87. The Labute approximate surface area is 219 Å². The standard InChI is InChI=1S/C29H31F2N5O2/c1-38-29(37)27-16-21-20-5-2-3-6-24(20)34-28(21)26-15-19(33-9-4-11-35-12-10-32-17-35)14-25(36(26)27)18-7-8-22(30)23(31)13-18/h2-3,5-8,10,12-13,17,19,25-27,33-34H,4,9,11,14-16H2,1H3. The van der Waals surface area contributed by atoms with E-state index in [0.717, 1.165) is 48.1 Å². The van der Waals surface area contributed by atoms with Crippen molar-refractivity contribution in [3.05, 3.63) is 89.6 Å². The van der Waals surface area contributed by atoms with Crippen molar-refractivity contribution in [1.29, 1.82) is 0 Å². The van der Waals surface area contributed by atoms with Crippen LogP contribution in [0.25, 0.3) is 10.9 Å². The number of carbonyl (C=O) groups excluding carboxylic acids is 1. The number of halogens is 2. The molecular weight excluding hydrogens is 488 g/mol. The number of aryl methyl sites for hydroxylation is 1. The van der Waals surface area contributed by atoms with E-state index in [9.17, 15) is 13.6 Å². The van der Waals surface area contributed by atoms with E-state index >= 15 is 0 Å². The third kappa shape index (κ3) is 4.50. The Morgan fingerprint density at radius 1 is 1.16 bits per heavy atom. The number of ether oxygens (including phenoxy) is 1. The molecule has 0 saturated carbocycles. The summed E-state index contributed by atoms with van der Waals surface area (Å²) in [5.74, 6) is -2.07. The second-order valence-corrected chi connectivity index (χ2v) is 10.2. The van der Waals surface area contributed by atoms with Crippen molar-refractivity contribution in [2.75, 3.05) is 13.7 Å². The molecule has 1 saturated heterocycles. The third-order valence-electron chi connectivity index (χ3n) is 8.06. The monoisotopic (exact) mass is 519 g/mol. The van der Waals surface area contributed by atoms with E-state index in [0.29, 0.717) is 18.4 Å². The topological polar surface area (TPSA) is 75.2 Å². The highest BCUT2D eigenvalue weighted by Gasteiger charge is 2.48. The molecule has 0 bridgehead atoms. The first kappa shape index (κ1) is 24.8. The number of fused-ring (bicyclic) bond motifs is 5. The van der Waals surface area contributed by atoms with Gasteiger partial charge in [0.15, 0.2) is 11.6 Å². The Morgan fingerprint density at radius 3 is 2.79 bits per heavy atom. The van der Waals surface area contributed by atoms with E-state index in [2.05, 4.69) is 26.3 Å². The number of benzene rings is 2. The number of H-pyrrole nitrogens is 1. The van der Waals surface area contributed by atoms with Crippen molar-refractivity contribution in [2.45, 2.75) is 56.4 Å². The van der Waals surface area contributed by atoms with Crippen molar-refractivity contribution in [2.24, 2.45) is 0 Å². The van der Waals surface area contributed by atoms with Crippen molar-refractivity contribution >= 4 is 16.9 Å². The molecule has 2 aliphatic rings. The molecule has 1 fully saturated rings. The maximum Gasteiger partial charge on any atom is 0.323 e. The molecule has 0 radical (unpaired) electrons. The fraction of sp³-hybridized carbons (Fsp3) is 0.379. The minimum Gasteiger partial charge on any atom is -0.468 e. The molecule has 0 amide bonds. The first-order valence-corrected chi connectivity index (χ1v) is 13.1. The molecule has 4 atom stereocenters. The van der Waals surface area contributed by atoms with E-state index in [-0.39, 0.29) is 24.1 Å². The van der Waals surface area contributed by atoms with Gasteiger partial charge in [-0.3, -0.25) is 9.69 Å². The van der Waals surface area contributed by atoms with Crippen LogP contribution in [0.3, 0.4) is 0 Å². The fourth-order valence-electron chi connectivity index (χ4n) is 6.34. The summed E-state index contributed by atoms with van der Waals surface area (Å²) in [5, 5.41) is 4.81. The SMILES string of the molecule is COC(=O)C1Cc2c([nH]c3ccccc23)C2CC(NCCCn3ccnc3)CC(c3ccc(F)c(F)c3)N12. The van der Waals surface area contributed by atoms with Gasteiger partial charge in [0.2, 0.25) is 0 Å². The summed E-state index contributed by atoms with van der Waals surface area (Å²) in [6.07, 6.45) is 8.39. The molecule has 198 valence electrons. The summed E-state index contributed by atoms with van der Waals surface area (Å²) in [6, 6.07) is 11.4. The van der Waals surface area contributed by atoms with Crippen LogP contribution in [0, 0.1) is 11.6 Å². The number of methoxy groups -OCH3 is 1. The number of imidazole rings is 1. The van der Waals surface area contributed by atoms with Gasteiger partial charge in [-0.15, -0.1) is 0 Å². The zero-order valence-corrected chi connectivity index (χ0v) is 21.2. The Hall–Kier alpha value is -3.56. The van der Waals surface area contributed by atoms with Crippen molar-refractivity contribution in [3.63, 3.8) is 0 Å². The van der Waals surface area contributed by atoms with E-state index in [1.54, 1.807) is 12.3 Å². The van der Waals surface area contributed by atoms with Crippen molar-refractivity contribution < 1.29 is 18.3 Å². The Kier molecular flexibility index (Phi) is 6.71. The predicted octanol–water partition coefficient (Wildman–Crippen LogP) is 4.67. The summed E-state index contributed by atoms with van der Waals surface area (Å²) in [5.41, 5.74) is 3.90. The Balaban J connectivity index is 1.36. The fourth-order valence-corrected chi connectivity index (χ4v) is 6.34. The number of para-hydroxylation sites is 1. The highest BCUT2D eigenvalue weighted by Crippen LogP contribution is 2.49. The molecule has 2 aromatic heterocycles. The summed E-state index contributed by atoms with van der Waals surface area (Å²) in [7, 11) is 1.41. The minimum atomic E-state index is -0.882. The number of piperidine rings is 1. The molecule has 2 aliphatic heterocycles. The second kappa shape index (κ2) is 10.3. The molecule has 2 aromatic carbocycles. The highest BCUT2D eigenvalue weighted by atomic mass is 19.2. The van der Waals surface area contributed by atoms with Crippen LogP contribution in [0.4, 0.5) is 8.78 Å². The molecular formula is C29H31F2N5O2. The summed E-state index contributed by atoms with van der Waals surface area (Å²) >= 11 is 0. The molecule has 6 rings (SSSR count). The average Bonchev–Trinajstić information content (AvgIpc) is 3.59. The van der Waals surface area contributed by atoms with Crippen LogP contribution in [0.1, 0.15) is 48.2 Å². The number of hydrogen-bond donors (Lipinski definition) is 2. The normalized spacial score (nSPS) is 23.2. The van der Waals surface area contributed by atoms with Gasteiger partial charge in [0.25, 0.3) is 0 Å². The van der Waals surface area contributed by atoms with Crippen LogP contribution in [0.15, 0.2) is 61.2 Å². The molecule has 9 heteroatoms. The van der Waals surface area contributed by atoms with Gasteiger partial charge in [0.1, 0.15) is 6.04 Å². The average molecular weight is 520 g/mol. The molecule has 4 unspecified atom stereocenters. The predicted molar refractivity (Wildman–Crippen MR) is 139 cm³/mol. The first-order chi connectivity index (χ1) is 18.5. The van der Waals surface area contributed by atoms with Gasteiger partial charge < -0.3 is 19.6 Å². The van der Waals surface area contributed by atoms with E-state index < -0.39 is 17.7 Å². The summed E-state index contributed by atoms with van der Waals surface area (Å²) in [4.78, 5) is 23.1. The Bertz CT molecular complexity index is 1440. The van der Waals surface area contributed by atoms with Gasteiger partial charge >= 0.3 is 5.97 Å². The zero-order valence-electron chi connectivity index (χ0n) is 21.2. The van der Waals surface area contributed by atoms with Crippen LogP contribution in [-0.2, 0) is 22.5 Å². The third-order valence-corrected chi connectivity index (χ3v) is 8.06. The summed E-state index contributed by atoms with van der Waals surface area (Å²) < 4.78 is 35.6. The zero-order chi connectivity index (χ0) is 26.2. The number of hydrogen-bond acceptors (Lipinski definition) is 5. The number of carbonyl (C=O) groups is 1. The number of esters is 1. The lowest BCUT2D eigenvalue weighted by molar-refractivity contribution is -0.152. The van der Waals surface area contributed by atoms with Gasteiger partial charge in [-0.1, -0.05) is 24.3 Å². The maximum atomic E-state index is 14.4. The van der Waals surface area contributed by atoms with Crippen LogP contribution in [0.5, 0.6) is 0 Å². The van der Waals surface area contributed by atoms with Crippen LogP contribution in [0.2, 0.25) is 0 Å². The molecule has 38 heavy (non-hydrogen) atoms. The van der Waals surface area contributed by atoms with Crippen LogP contribution >= 0.6 is 0 Å². The number of aromatic amines is 1. The second-order valence-electron chi connectivity index (χ2n) is 10.2. The van der Waals surface area contributed by atoms with Crippen LogP contribution in [-0.4, -0.2) is 51.1 Å². The smallest absolute Gasteiger partial charge is 0.323 e. The molecule has 7 nitrogen and oxygen atoms in total. The van der Waals surface area contributed by atoms with Gasteiger partial charge in [0, 0.05) is 54.0 Å². The molecule has 0 spiro atoms. The van der Waals surface area contributed by atoms with E-state index in [1.165, 1.54) is 19.2 Å². The number of aromatic nitrogens is 3. The van der Waals surface area contributed by atoms with Crippen molar-refractivity contribution in [1.82, 2.24) is 24.8 Å². The largest absolute Gasteiger partial charge is 0.468 e. The number of nitrogens with one attached hydrogen (secondary N) is 2. The molecule has 2 N–H and O–H groups in total. The van der Waals surface area contributed by atoms with E-state index in [1.807, 2.05) is 35.3 Å². The van der Waals surface area contributed by atoms with E-state index in [4.69, 9.17) is 4.74 Å². The summed E-state index contributed by atoms with van der Waals surface area (Å²) in [6.45, 7) is 1.67. The Morgan fingerprint density at radius 2 is 2.00 bits per heavy atom. The molecule has 4 heterocycles. The van der Waals surface area contributed by atoms with Gasteiger partial charge in [-0.05, 0) is 55.1 Å². The maximum absolute atomic E-state index is 14.4. The number of nitrogens with zero attached hydrogens (tertiary/aromatic N) is 3. The molecule has 0 aliphatic carbocycles. The quantitative estimate of drug-likeness (QED) is 0.274. The lowest BCUT2D eigenvalue weighted by atomic mass is 9.79. The van der Waals surface area contributed by atoms with Gasteiger partial charge in [0.05, 0.1) is 19.5 Å². The molecule has 4 aromatic rings. The number of rotatable bonds is 7. The van der Waals surface area contributed by atoms with Gasteiger partial charge in [-0.2, -0.15) is 0 Å². The lowest BCUT2D eigenvalue weighted by Crippen LogP contribution is -2.55. The minimum absolute atomic E-state index is 0.117. The first-order valence-electron chi connectivity index (χ1n) is 13.1. The van der Waals surface area contributed by atoms with Crippen LogP contribution < -0.4 is 5.32 Å². The lowest BCUT2D eigenvalue weighted by Gasteiger charge is -2.50.